The molecule has 2 heteroatoms. The summed E-state index contributed by atoms with van der Waals surface area (Å²) in [5.41, 5.74) is 2.83. The van der Waals surface area contributed by atoms with E-state index in [1.165, 1.54) is 70.6 Å². The Morgan fingerprint density at radius 3 is 2.34 bits per heavy atom. The average molecular weight is 501 g/mol. The zero-order valence-electron chi connectivity index (χ0n) is 25.3. The summed E-state index contributed by atoms with van der Waals surface area (Å²) < 4.78 is 6.94. The van der Waals surface area contributed by atoms with Gasteiger partial charge in [0.2, 0.25) is 0 Å². The van der Waals surface area contributed by atoms with Crippen LogP contribution in [0.3, 0.4) is 0 Å². The first-order valence-corrected chi connectivity index (χ1v) is 18.5. The Bertz CT molecular complexity index is 774. The Morgan fingerprint density at radius 2 is 1.69 bits per heavy atom. The van der Waals surface area contributed by atoms with Gasteiger partial charge < -0.3 is 4.43 Å². The van der Waals surface area contributed by atoms with E-state index < -0.39 is 8.32 Å². The third kappa shape index (κ3) is 5.15. The van der Waals surface area contributed by atoms with Crippen LogP contribution in [0, 0.1) is 46.3 Å². The molecule has 0 spiro atoms. The predicted octanol–water partition coefficient (Wildman–Crippen LogP) is 10.4. The van der Waals surface area contributed by atoms with Crippen LogP contribution in [0.25, 0.3) is 0 Å². The standard InChI is InChI=1S/C33H60OSi/c1-23(2)12-11-13-24(3)28-16-17-29-27-15-14-25-22-26(34-35(9,10)31(4,5)6)18-20-32(25,7)30(27)19-21-33(28,29)8/h14,23-24,26-30H,11-13,15-22H2,1-10H3. The molecule has 0 aromatic heterocycles. The van der Waals surface area contributed by atoms with Crippen molar-refractivity contribution in [3.05, 3.63) is 11.6 Å². The van der Waals surface area contributed by atoms with Gasteiger partial charge in [0, 0.05) is 6.10 Å². The lowest BCUT2D eigenvalue weighted by atomic mass is 9.47. The van der Waals surface area contributed by atoms with Gasteiger partial charge in [-0.25, -0.2) is 0 Å². The maximum absolute atomic E-state index is 6.94. The van der Waals surface area contributed by atoms with Crippen molar-refractivity contribution in [2.75, 3.05) is 0 Å². The maximum atomic E-state index is 6.94. The second-order valence-electron chi connectivity index (χ2n) is 16.0. The zero-order chi connectivity index (χ0) is 25.8. The largest absolute Gasteiger partial charge is 0.414 e. The van der Waals surface area contributed by atoms with Gasteiger partial charge in [0.25, 0.3) is 0 Å². The molecule has 1 nitrogen and oxygen atoms in total. The first-order chi connectivity index (χ1) is 16.2. The molecule has 0 amide bonds. The Kier molecular flexibility index (Phi) is 7.91. The summed E-state index contributed by atoms with van der Waals surface area (Å²) in [6.45, 7) is 24.8. The van der Waals surface area contributed by atoms with Gasteiger partial charge in [-0.15, -0.1) is 0 Å². The number of hydrogen-bond donors (Lipinski definition) is 0. The molecule has 3 fully saturated rings. The minimum absolute atomic E-state index is 0.304. The number of hydrogen-bond acceptors (Lipinski definition) is 1. The van der Waals surface area contributed by atoms with Crippen molar-refractivity contribution < 1.29 is 4.43 Å². The van der Waals surface area contributed by atoms with E-state index in [9.17, 15) is 0 Å². The van der Waals surface area contributed by atoms with Crippen LogP contribution in [0.4, 0.5) is 0 Å². The molecule has 4 aliphatic rings. The van der Waals surface area contributed by atoms with Crippen molar-refractivity contribution >= 4 is 8.32 Å². The van der Waals surface area contributed by atoms with Crippen LogP contribution >= 0.6 is 0 Å². The average Bonchev–Trinajstić information content (AvgIpc) is 3.10. The third-order valence-electron chi connectivity index (χ3n) is 12.5. The molecule has 0 N–H and O–H groups in total. The van der Waals surface area contributed by atoms with E-state index in [2.05, 4.69) is 74.6 Å². The van der Waals surface area contributed by atoms with Crippen LogP contribution in [0.2, 0.25) is 18.1 Å². The highest BCUT2D eigenvalue weighted by atomic mass is 28.4. The highest BCUT2D eigenvalue weighted by molar-refractivity contribution is 6.74. The quantitative estimate of drug-likeness (QED) is 0.249. The van der Waals surface area contributed by atoms with Crippen molar-refractivity contribution in [2.45, 2.75) is 150 Å². The van der Waals surface area contributed by atoms with Crippen LogP contribution in [-0.4, -0.2) is 14.4 Å². The normalized spacial score (nSPS) is 40.7. The molecule has 0 saturated heterocycles. The third-order valence-corrected chi connectivity index (χ3v) is 17.1. The Hall–Kier alpha value is -0.0831. The van der Waals surface area contributed by atoms with Gasteiger partial charge in [-0.1, -0.05) is 86.3 Å². The number of fused-ring (bicyclic) bond motifs is 5. The van der Waals surface area contributed by atoms with E-state index in [1.54, 1.807) is 5.57 Å². The predicted molar refractivity (Wildman–Crippen MR) is 155 cm³/mol. The van der Waals surface area contributed by atoms with Crippen LogP contribution in [0.15, 0.2) is 11.6 Å². The lowest BCUT2D eigenvalue weighted by Crippen LogP contribution is -2.52. The van der Waals surface area contributed by atoms with Crippen molar-refractivity contribution in [3.63, 3.8) is 0 Å². The monoisotopic (exact) mass is 500 g/mol. The highest BCUT2D eigenvalue weighted by Crippen LogP contribution is 2.67. The van der Waals surface area contributed by atoms with Gasteiger partial charge in [0.05, 0.1) is 0 Å². The fourth-order valence-electron chi connectivity index (χ4n) is 9.35. The summed E-state index contributed by atoms with van der Waals surface area (Å²) in [6, 6.07) is 0. The van der Waals surface area contributed by atoms with Gasteiger partial charge >= 0.3 is 0 Å². The summed E-state index contributed by atoms with van der Waals surface area (Å²) in [4.78, 5) is 0. The molecular formula is C33H60OSi. The molecule has 4 rings (SSSR count). The molecule has 35 heavy (non-hydrogen) atoms. The van der Waals surface area contributed by atoms with Crippen LogP contribution < -0.4 is 0 Å². The zero-order valence-corrected chi connectivity index (χ0v) is 26.3. The van der Waals surface area contributed by atoms with Crippen LogP contribution in [-0.2, 0) is 4.43 Å². The minimum atomic E-state index is -1.70. The van der Waals surface area contributed by atoms with E-state index in [-0.39, 0.29) is 0 Å². The molecule has 0 heterocycles. The lowest BCUT2D eigenvalue weighted by Gasteiger charge is -2.59. The molecule has 0 aromatic rings. The first kappa shape index (κ1) is 27.9. The van der Waals surface area contributed by atoms with Crippen molar-refractivity contribution in [1.29, 1.82) is 0 Å². The molecule has 0 aromatic carbocycles. The second kappa shape index (κ2) is 9.90. The van der Waals surface area contributed by atoms with E-state index in [1.807, 2.05) is 0 Å². The molecule has 8 atom stereocenters. The summed E-state index contributed by atoms with van der Waals surface area (Å²) in [6.07, 6.45) is 18.7. The maximum Gasteiger partial charge on any atom is 0.192 e. The molecule has 202 valence electrons. The molecule has 8 unspecified atom stereocenters. The van der Waals surface area contributed by atoms with Gasteiger partial charge in [-0.3, -0.25) is 0 Å². The lowest BCUT2D eigenvalue weighted by molar-refractivity contribution is -0.0565. The van der Waals surface area contributed by atoms with Crippen LogP contribution in [0.5, 0.6) is 0 Å². The highest BCUT2D eigenvalue weighted by Gasteiger charge is 2.59. The SMILES string of the molecule is CC(C)CCCC(C)C1CCC2C3CC=C4CC(O[Si](C)(C)C(C)(C)C)CCC4(C)C3CCC12C. The number of rotatable bonds is 7. The Balaban J connectivity index is 1.45. The summed E-state index contributed by atoms with van der Waals surface area (Å²) >= 11 is 0. The molecule has 3 saturated carbocycles. The second-order valence-corrected chi connectivity index (χ2v) is 20.8. The fraction of sp³-hybridized carbons (Fsp3) is 0.939. The fourth-order valence-corrected chi connectivity index (χ4v) is 10.7. The van der Waals surface area contributed by atoms with Gasteiger partial charge in [-0.2, -0.15) is 0 Å². The topological polar surface area (TPSA) is 9.23 Å². The summed E-state index contributed by atoms with van der Waals surface area (Å²) in [5.74, 6) is 5.56. The smallest absolute Gasteiger partial charge is 0.192 e. The Morgan fingerprint density at radius 1 is 0.971 bits per heavy atom. The van der Waals surface area contributed by atoms with E-state index in [4.69, 9.17) is 4.43 Å². The van der Waals surface area contributed by atoms with Crippen LogP contribution in [0.1, 0.15) is 126 Å². The molecule has 0 aliphatic heterocycles. The molecule has 4 aliphatic carbocycles. The minimum Gasteiger partial charge on any atom is -0.414 e. The van der Waals surface area contributed by atoms with E-state index >= 15 is 0 Å². The van der Waals surface area contributed by atoms with Gasteiger partial charge in [-0.05, 0) is 116 Å². The molecular weight excluding hydrogens is 440 g/mol. The van der Waals surface area contributed by atoms with E-state index in [0.29, 0.717) is 22.0 Å². The summed E-state index contributed by atoms with van der Waals surface area (Å²) in [7, 11) is -1.70. The molecule has 0 radical (unpaired) electrons. The van der Waals surface area contributed by atoms with Crippen molar-refractivity contribution in [3.8, 4) is 0 Å². The summed E-state index contributed by atoms with van der Waals surface area (Å²) in [5, 5.41) is 0.304. The van der Waals surface area contributed by atoms with Gasteiger partial charge in [0.15, 0.2) is 8.32 Å². The first-order valence-electron chi connectivity index (χ1n) is 15.6. The van der Waals surface area contributed by atoms with Crippen molar-refractivity contribution in [2.24, 2.45) is 46.3 Å². The molecule has 0 bridgehead atoms. The van der Waals surface area contributed by atoms with Crippen molar-refractivity contribution in [1.82, 2.24) is 0 Å². The van der Waals surface area contributed by atoms with Gasteiger partial charge in [0.1, 0.15) is 0 Å². The number of allylic oxidation sites excluding steroid dienone is 1. The Labute approximate surface area is 220 Å². The van der Waals surface area contributed by atoms with E-state index in [0.717, 1.165) is 35.5 Å².